The van der Waals surface area contributed by atoms with Crippen molar-refractivity contribution in [2.45, 2.75) is 20.0 Å². The Kier molecular flexibility index (Phi) is 3.33. The van der Waals surface area contributed by atoms with Gasteiger partial charge in [-0.05, 0) is 48.1 Å². The zero-order valence-corrected chi connectivity index (χ0v) is 10.8. The van der Waals surface area contributed by atoms with Crippen molar-refractivity contribution in [3.05, 3.63) is 56.2 Å². The number of thiophene rings is 1. The van der Waals surface area contributed by atoms with Crippen LogP contribution in [0, 0.1) is 13.8 Å². The summed E-state index contributed by atoms with van der Waals surface area (Å²) in [4.78, 5) is 1.15. The summed E-state index contributed by atoms with van der Waals surface area (Å²) in [5.74, 6) is 0. The van der Waals surface area contributed by atoms with Gasteiger partial charge in [0, 0.05) is 9.90 Å². The molecular weight excluding hydrogens is 240 g/mol. The fraction of sp³-hybridized carbons (Fsp3) is 0.231. The Morgan fingerprint density at radius 2 is 2.00 bits per heavy atom. The predicted molar refractivity (Wildman–Crippen MR) is 69.3 cm³/mol. The van der Waals surface area contributed by atoms with Gasteiger partial charge < -0.3 is 5.11 Å². The summed E-state index contributed by atoms with van der Waals surface area (Å²) in [7, 11) is 0. The second-order valence-corrected chi connectivity index (χ2v) is 5.37. The Balaban J connectivity index is 2.38. The first kappa shape index (κ1) is 11.6. The fourth-order valence-corrected chi connectivity index (χ4v) is 2.55. The lowest BCUT2D eigenvalue weighted by Crippen LogP contribution is -2.00. The maximum absolute atomic E-state index is 10.2. The van der Waals surface area contributed by atoms with E-state index in [9.17, 15) is 5.11 Å². The Morgan fingerprint density at radius 3 is 2.56 bits per heavy atom. The molecule has 3 heteroatoms. The minimum absolute atomic E-state index is 0.554. The number of hydrogen-bond acceptors (Lipinski definition) is 2. The molecule has 1 atom stereocenters. The van der Waals surface area contributed by atoms with Crippen LogP contribution in [0.5, 0.6) is 0 Å². The largest absolute Gasteiger partial charge is 0.384 e. The van der Waals surface area contributed by atoms with Crippen LogP contribution in [0.1, 0.15) is 27.7 Å². The van der Waals surface area contributed by atoms with E-state index in [0.29, 0.717) is 0 Å². The fourth-order valence-electron chi connectivity index (χ4n) is 1.70. The molecule has 1 aromatic heterocycles. The van der Waals surface area contributed by atoms with E-state index in [1.54, 1.807) is 11.3 Å². The molecule has 1 N–H and O–H groups in total. The molecule has 0 amide bonds. The van der Waals surface area contributed by atoms with Crippen molar-refractivity contribution in [1.82, 2.24) is 0 Å². The molecule has 2 aromatic rings. The van der Waals surface area contributed by atoms with E-state index in [1.807, 2.05) is 43.5 Å². The van der Waals surface area contributed by atoms with Gasteiger partial charge >= 0.3 is 0 Å². The molecule has 0 radical (unpaired) electrons. The third-order valence-corrected chi connectivity index (χ3v) is 3.98. The van der Waals surface area contributed by atoms with Gasteiger partial charge in [-0.15, -0.1) is 11.3 Å². The number of halogens is 1. The van der Waals surface area contributed by atoms with Crippen LogP contribution in [-0.4, -0.2) is 5.11 Å². The quantitative estimate of drug-likeness (QED) is 0.853. The van der Waals surface area contributed by atoms with Gasteiger partial charge in [0.15, 0.2) is 0 Å². The topological polar surface area (TPSA) is 20.2 Å². The van der Waals surface area contributed by atoms with Crippen molar-refractivity contribution >= 4 is 22.9 Å². The maximum Gasteiger partial charge on any atom is 0.105 e. The average Bonchev–Trinajstić information content (AvgIpc) is 2.67. The number of hydrogen-bond donors (Lipinski definition) is 1. The monoisotopic (exact) mass is 252 g/mol. The number of benzene rings is 1. The van der Waals surface area contributed by atoms with Gasteiger partial charge in [0.05, 0.1) is 0 Å². The number of aryl methyl sites for hydroxylation is 2. The number of aliphatic hydroxyl groups excluding tert-OH is 1. The molecule has 16 heavy (non-hydrogen) atoms. The molecule has 1 unspecified atom stereocenters. The Hall–Kier alpha value is -0.830. The zero-order chi connectivity index (χ0) is 11.7. The molecule has 1 heterocycles. The number of aliphatic hydroxyl groups is 1. The highest BCUT2D eigenvalue weighted by Gasteiger charge is 2.14. The summed E-state index contributed by atoms with van der Waals surface area (Å²) in [6.07, 6.45) is -0.554. The smallest absolute Gasteiger partial charge is 0.105 e. The molecule has 0 spiro atoms. The van der Waals surface area contributed by atoms with Crippen LogP contribution in [0.3, 0.4) is 0 Å². The lowest BCUT2D eigenvalue weighted by atomic mass is 10.0. The molecule has 1 aromatic carbocycles. The summed E-state index contributed by atoms with van der Waals surface area (Å²) >= 11 is 7.61. The van der Waals surface area contributed by atoms with Crippen LogP contribution in [0.15, 0.2) is 29.6 Å². The third-order valence-electron chi connectivity index (χ3n) is 2.69. The highest BCUT2D eigenvalue weighted by Crippen LogP contribution is 2.29. The first-order valence-electron chi connectivity index (χ1n) is 5.07. The summed E-state index contributed by atoms with van der Waals surface area (Å²) in [6, 6.07) is 7.60. The van der Waals surface area contributed by atoms with E-state index >= 15 is 0 Å². The molecule has 1 nitrogen and oxygen atoms in total. The summed E-state index contributed by atoms with van der Waals surface area (Å²) in [6.45, 7) is 3.96. The second-order valence-electron chi connectivity index (χ2n) is 3.84. The van der Waals surface area contributed by atoms with Crippen molar-refractivity contribution in [3.63, 3.8) is 0 Å². The minimum Gasteiger partial charge on any atom is -0.384 e. The van der Waals surface area contributed by atoms with Crippen molar-refractivity contribution in [3.8, 4) is 0 Å². The van der Waals surface area contributed by atoms with E-state index in [4.69, 9.17) is 11.6 Å². The van der Waals surface area contributed by atoms with E-state index in [0.717, 1.165) is 26.6 Å². The van der Waals surface area contributed by atoms with Gasteiger partial charge in [-0.2, -0.15) is 0 Å². The van der Waals surface area contributed by atoms with E-state index in [1.165, 1.54) is 0 Å². The Labute approximate surface area is 104 Å². The Morgan fingerprint density at radius 1 is 1.25 bits per heavy atom. The van der Waals surface area contributed by atoms with Crippen LogP contribution < -0.4 is 0 Å². The zero-order valence-electron chi connectivity index (χ0n) is 9.20. The molecule has 0 aliphatic carbocycles. The standard InChI is InChI=1S/C13H13ClOS/c1-8-7-10(3-4-12(8)14)13(15)11-5-6-16-9(11)2/h3-7,13,15H,1-2H3. The molecule has 0 aliphatic heterocycles. The average molecular weight is 253 g/mol. The molecule has 0 saturated carbocycles. The summed E-state index contributed by atoms with van der Waals surface area (Å²) in [5.41, 5.74) is 2.86. The lowest BCUT2D eigenvalue weighted by Gasteiger charge is -2.12. The van der Waals surface area contributed by atoms with Crippen LogP contribution in [0.4, 0.5) is 0 Å². The molecular formula is C13H13ClOS. The highest BCUT2D eigenvalue weighted by atomic mass is 35.5. The van der Waals surface area contributed by atoms with E-state index in [2.05, 4.69) is 0 Å². The molecule has 0 fully saturated rings. The van der Waals surface area contributed by atoms with Crippen LogP contribution >= 0.6 is 22.9 Å². The van der Waals surface area contributed by atoms with Crippen molar-refractivity contribution < 1.29 is 5.11 Å². The molecule has 0 aliphatic rings. The minimum atomic E-state index is -0.554. The van der Waals surface area contributed by atoms with Gasteiger partial charge in [0.1, 0.15) is 6.10 Å². The lowest BCUT2D eigenvalue weighted by molar-refractivity contribution is 0.220. The van der Waals surface area contributed by atoms with Crippen molar-refractivity contribution in [2.24, 2.45) is 0 Å². The Bertz CT molecular complexity index is 504. The SMILES string of the molecule is Cc1cc(C(O)c2ccsc2C)ccc1Cl. The third kappa shape index (κ3) is 2.14. The van der Waals surface area contributed by atoms with Crippen LogP contribution in [0.25, 0.3) is 0 Å². The molecule has 84 valence electrons. The van der Waals surface area contributed by atoms with Gasteiger partial charge in [-0.25, -0.2) is 0 Å². The highest BCUT2D eigenvalue weighted by molar-refractivity contribution is 7.10. The normalized spacial score (nSPS) is 12.8. The van der Waals surface area contributed by atoms with Gasteiger partial charge in [0.25, 0.3) is 0 Å². The summed E-state index contributed by atoms with van der Waals surface area (Å²) < 4.78 is 0. The van der Waals surface area contributed by atoms with Gasteiger partial charge in [0.2, 0.25) is 0 Å². The van der Waals surface area contributed by atoms with Gasteiger partial charge in [-0.1, -0.05) is 23.7 Å². The first-order valence-corrected chi connectivity index (χ1v) is 6.33. The van der Waals surface area contributed by atoms with Gasteiger partial charge in [-0.3, -0.25) is 0 Å². The van der Waals surface area contributed by atoms with Crippen LogP contribution in [-0.2, 0) is 0 Å². The van der Waals surface area contributed by atoms with Crippen LogP contribution in [0.2, 0.25) is 5.02 Å². The predicted octanol–water partition coefficient (Wildman–Crippen LogP) is 4.10. The van der Waals surface area contributed by atoms with Crippen molar-refractivity contribution in [2.75, 3.05) is 0 Å². The van der Waals surface area contributed by atoms with Crippen molar-refractivity contribution in [1.29, 1.82) is 0 Å². The first-order chi connectivity index (χ1) is 7.59. The summed E-state index contributed by atoms with van der Waals surface area (Å²) in [5, 5.41) is 13.0. The second kappa shape index (κ2) is 4.58. The maximum atomic E-state index is 10.2. The van der Waals surface area contributed by atoms with E-state index in [-0.39, 0.29) is 0 Å². The molecule has 2 rings (SSSR count). The molecule has 0 bridgehead atoms. The molecule has 0 saturated heterocycles. The number of rotatable bonds is 2. The van der Waals surface area contributed by atoms with E-state index < -0.39 is 6.10 Å².